The van der Waals surface area contributed by atoms with Crippen molar-refractivity contribution in [3.8, 4) is 34.6 Å². The molecular formula is C35H40F2N6O4. The van der Waals surface area contributed by atoms with Crippen molar-refractivity contribution in [3.63, 3.8) is 0 Å². The molecule has 0 bridgehead atoms. The number of rotatable bonds is 6. The van der Waals surface area contributed by atoms with Crippen molar-refractivity contribution in [2.24, 2.45) is 0 Å². The molecule has 2 aromatic carbocycles. The minimum atomic E-state index is -0.727. The second-order valence-electron chi connectivity index (χ2n) is 13.0. The molecule has 1 atom stereocenters. The van der Waals surface area contributed by atoms with E-state index in [9.17, 15) is 5.11 Å². The predicted molar refractivity (Wildman–Crippen MR) is 175 cm³/mol. The number of benzene rings is 2. The van der Waals surface area contributed by atoms with Crippen LogP contribution in [0.3, 0.4) is 0 Å². The van der Waals surface area contributed by atoms with Crippen LogP contribution in [-0.2, 0) is 0 Å². The highest BCUT2D eigenvalue weighted by atomic mass is 19.1. The van der Waals surface area contributed by atoms with Crippen LogP contribution in [0.1, 0.15) is 52.4 Å². The zero-order valence-electron chi connectivity index (χ0n) is 26.8. The number of ether oxygens (including phenoxy) is 3. The summed E-state index contributed by atoms with van der Waals surface area (Å²) in [4.78, 5) is 18.8. The summed E-state index contributed by atoms with van der Waals surface area (Å²) in [5, 5.41) is 15.3. The molecule has 0 unspecified atom stereocenters. The minimum Gasteiger partial charge on any atom is -0.508 e. The summed E-state index contributed by atoms with van der Waals surface area (Å²) in [6.07, 6.45) is 5.90. The highest BCUT2D eigenvalue weighted by molar-refractivity contribution is 6.04. The van der Waals surface area contributed by atoms with Gasteiger partial charge in [0.25, 0.3) is 0 Å². The molecule has 2 N–H and O–H groups in total. The predicted octanol–water partition coefficient (Wildman–Crippen LogP) is 5.57. The third-order valence-corrected chi connectivity index (χ3v) is 10.1. The van der Waals surface area contributed by atoms with Gasteiger partial charge in [-0.15, -0.1) is 0 Å². The topological polar surface area (TPSA) is 105 Å². The van der Waals surface area contributed by atoms with Gasteiger partial charge in [0, 0.05) is 30.6 Å². The van der Waals surface area contributed by atoms with Crippen molar-refractivity contribution in [1.29, 1.82) is 0 Å². The third-order valence-electron chi connectivity index (χ3n) is 10.1. The average Bonchev–Trinajstić information content (AvgIpc) is 3.73. The van der Waals surface area contributed by atoms with Crippen LogP contribution in [-0.4, -0.2) is 88.6 Å². The Morgan fingerprint density at radius 3 is 2.64 bits per heavy atom. The summed E-state index contributed by atoms with van der Waals surface area (Å²) in [7, 11) is 0. The van der Waals surface area contributed by atoms with Gasteiger partial charge in [0.15, 0.2) is 17.4 Å². The van der Waals surface area contributed by atoms with Crippen molar-refractivity contribution < 1.29 is 28.1 Å². The van der Waals surface area contributed by atoms with Crippen LogP contribution in [0.5, 0.6) is 23.4 Å². The Morgan fingerprint density at radius 1 is 1.04 bits per heavy atom. The molecule has 0 amide bonds. The zero-order valence-corrected chi connectivity index (χ0v) is 26.8. The fraction of sp³-hybridized carbons (Fsp3) is 0.514. The van der Waals surface area contributed by atoms with Gasteiger partial charge in [-0.2, -0.15) is 9.97 Å². The molecule has 3 saturated heterocycles. The molecule has 0 radical (unpaired) electrons. The Balaban J connectivity index is 0.00000159. The Morgan fingerprint density at radius 2 is 1.85 bits per heavy atom. The van der Waals surface area contributed by atoms with Crippen molar-refractivity contribution in [3.05, 3.63) is 35.9 Å². The highest BCUT2D eigenvalue weighted by Gasteiger charge is 2.45. The summed E-state index contributed by atoms with van der Waals surface area (Å²) in [6, 6.07) is 5.80. The van der Waals surface area contributed by atoms with Gasteiger partial charge in [-0.1, -0.05) is 19.9 Å². The molecule has 2 aromatic heterocycles. The van der Waals surface area contributed by atoms with E-state index in [0.29, 0.717) is 48.3 Å². The number of aromatic hydroxyl groups is 1. The number of hydrogen-bond acceptors (Lipinski definition) is 10. The van der Waals surface area contributed by atoms with Crippen LogP contribution in [0, 0.1) is 11.6 Å². The summed E-state index contributed by atoms with van der Waals surface area (Å²) >= 11 is 0. The van der Waals surface area contributed by atoms with E-state index in [1.807, 2.05) is 13.8 Å². The molecule has 6 heterocycles. The number of nitrogens with zero attached hydrogens (tertiary/aromatic N) is 5. The molecule has 1 aliphatic carbocycles. The molecule has 248 valence electrons. The van der Waals surface area contributed by atoms with Gasteiger partial charge in [-0.3, -0.25) is 4.90 Å². The van der Waals surface area contributed by atoms with E-state index in [1.54, 1.807) is 6.07 Å². The van der Waals surface area contributed by atoms with Gasteiger partial charge >= 0.3 is 6.01 Å². The van der Waals surface area contributed by atoms with Crippen LogP contribution in [0.25, 0.3) is 32.9 Å². The maximum absolute atomic E-state index is 17.0. The van der Waals surface area contributed by atoms with E-state index in [2.05, 4.69) is 20.1 Å². The van der Waals surface area contributed by atoms with Crippen LogP contribution in [0.15, 0.2) is 24.3 Å². The van der Waals surface area contributed by atoms with Crippen molar-refractivity contribution >= 4 is 27.5 Å². The number of phenols is 1. The Bertz CT molecular complexity index is 1840. The number of hydrogen-bond donors (Lipinski definition) is 2. The third kappa shape index (κ3) is 5.16. The number of halogens is 2. The maximum atomic E-state index is 17.0. The molecule has 10 nitrogen and oxygen atoms in total. The van der Waals surface area contributed by atoms with E-state index in [4.69, 9.17) is 24.2 Å². The second-order valence-corrected chi connectivity index (χ2v) is 13.0. The van der Waals surface area contributed by atoms with Crippen LogP contribution in [0.2, 0.25) is 0 Å². The van der Waals surface area contributed by atoms with E-state index in [0.717, 1.165) is 58.2 Å². The largest absolute Gasteiger partial charge is 0.508 e. The minimum absolute atomic E-state index is 0.0129. The van der Waals surface area contributed by atoms with Gasteiger partial charge in [0.05, 0.1) is 17.7 Å². The number of piperazine rings is 1. The lowest BCUT2D eigenvalue weighted by Crippen LogP contribution is -2.53. The lowest BCUT2D eigenvalue weighted by atomic mass is 9.95. The first-order valence-corrected chi connectivity index (χ1v) is 17.0. The SMILES string of the molecule is CC.Oc1cc(-c2nc3c4c(nc(OCC56CCCN5CCC6)nc4c2F)N2CCNC[C@H]2CO3)c2c(OC3CC3)c(F)ccc2c1. The van der Waals surface area contributed by atoms with Crippen LogP contribution < -0.4 is 24.4 Å². The Kier molecular flexibility index (Phi) is 7.67. The molecule has 1 saturated carbocycles. The standard InChI is InChI=1S/C33H34F2N6O4.C2H6/c34-23-6-3-18-13-20(42)14-22(24(18)29(23)45-21-4-5-21)27-26(35)28-25-30(41-12-9-36-15-19(41)16-43-31(25)37-27)39-32(38-28)44-17-33-7-1-10-40(33)11-2-8-33;1-2/h3,6,13-14,19,21,36,42H,1-2,4-5,7-12,15-17H2;1-2H3/t19-;/m0./s1. The van der Waals surface area contributed by atoms with Gasteiger partial charge in [-0.05, 0) is 75.2 Å². The zero-order chi connectivity index (χ0) is 32.3. The van der Waals surface area contributed by atoms with E-state index in [-0.39, 0.29) is 57.8 Å². The number of fused-ring (bicyclic) bond motifs is 4. The summed E-state index contributed by atoms with van der Waals surface area (Å²) < 4.78 is 50.9. The first kappa shape index (κ1) is 30.3. The summed E-state index contributed by atoms with van der Waals surface area (Å²) in [5.41, 5.74) is 0.0496. The first-order chi connectivity index (χ1) is 23.0. The average molecular weight is 647 g/mol. The quantitative estimate of drug-likeness (QED) is 0.276. The molecular weight excluding hydrogens is 606 g/mol. The number of pyridine rings is 1. The van der Waals surface area contributed by atoms with Gasteiger partial charge in [-0.25, -0.2) is 13.8 Å². The van der Waals surface area contributed by atoms with Crippen molar-refractivity contribution in [2.45, 2.75) is 70.1 Å². The van der Waals surface area contributed by atoms with Crippen LogP contribution >= 0.6 is 0 Å². The molecule has 0 spiro atoms. The number of phenolic OH excluding ortho intramolecular Hbond substituents is 1. The maximum Gasteiger partial charge on any atom is 0.319 e. The first-order valence-electron chi connectivity index (χ1n) is 17.0. The van der Waals surface area contributed by atoms with E-state index in [1.165, 1.54) is 18.2 Å². The Hall–Kier alpha value is -4.03. The smallest absolute Gasteiger partial charge is 0.319 e. The van der Waals surface area contributed by atoms with E-state index < -0.39 is 11.6 Å². The molecule has 12 heteroatoms. The monoisotopic (exact) mass is 646 g/mol. The van der Waals surface area contributed by atoms with Crippen molar-refractivity contribution in [1.82, 2.24) is 25.2 Å². The molecule has 5 aliphatic rings. The van der Waals surface area contributed by atoms with Crippen molar-refractivity contribution in [2.75, 3.05) is 50.8 Å². The lowest BCUT2D eigenvalue weighted by Gasteiger charge is -2.35. The number of aromatic nitrogens is 3. The van der Waals surface area contributed by atoms with Crippen LogP contribution in [0.4, 0.5) is 14.6 Å². The number of anilines is 1. The molecule has 4 aromatic rings. The number of nitrogens with one attached hydrogen (secondary N) is 1. The second kappa shape index (κ2) is 11.9. The molecule has 47 heavy (non-hydrogen) atoms. The molecule has 4 aliphatic heterocycles. The fourth-order valence-electron chi connectivity index (χ4n) is 7.73. The fourth-order valence-corrected chi connectivity index (χ4v) is 7.73. The summed E-state index contributed by atoms with van der Waals surface area (Å²) in [6.45, 7) is 8.92. The van der Waals surface area contributed by atoms with Gasteiger partial charge < -0.3 is 29.5 Å². The molecule has 4 fully saturated rings. The highest BCUT2D eigenvalue weighted by Crippen LogP contribution is 2.46. The lowest BCUT2D eigenvalue weighted by molar-refractivity contribution is 0.108. The van der Waals surface area contributed by atoms with Gasteiger partial charge in [0.2, 0.25) is 5.88 Å². The Labute approximate surface area is 272 Å². The van der Waals surface area contributed by atoms with Gasteiger partial charge in [0.1, 0.15) is 41.4 Å². The molecule has 9 rings (SSSR count). The summed E-state index contributed by atoms with van der Waals surface area (Å²) in [5.74, 6) is -0.661. The normalized spacial score (nSPS) is 21.4. The van der Waals surface area contributed by atoms with E-state index >= 15 is 8.78 Å².